The zero-order valence-electron chi connectivity index (χ0n) is 28.2. The Morgan fingerprint density at radius 3 is 2.14 bits per heavy atom. The van der Waals surface area contributed by atoms with Crippen LogP contribution in [-0.2, 0) is 32.6 Å². The van der Waals surface area contributed by atoms with Crippen LogP contribution in [0.3, 0.4) is 0 Å². The van der Waals surface area contributed by atoms with Gasteiger partial charge in [0.15, 0.2) is 0 Å². The number of carbonyl (C=O) groups is 2. The predicted molar refractivity (Wildman–Crippen MR) is 194 cm³/mol. The van der Waals surface area contributed by atoms with Crippen molar-refractivity contribution in [3.05, 3.63) is 118 Å². The van der Waals surface area contributed by atoms with Crippen molar-refractivity contribution in [3.8, 4) is 11.5 Å². The number of methoxy groups -OCH3 is 2. The Kier molecular flexibility index (Phi) is 13.0. The number of amides is 2. The first kappa shape index (κ1) is 37.6. The molecule has 0 saturated heterocycles. The summed E-state index contributed by atoms with van der Waals surface area (Å²) < 4.78 is 40.9. The van der Waals surface area contributed by atoms with E-state index < -0.39 is 28.5 Å². The van der Waals surface area contributed by atoms with Crippen molar-refractivity contribution in [1.29, 1.82) is 0 Å². The van der Waals surface area contributed by atoms with Crippen molar-refractivity contribution in [2.24, 2.45) is 5.92 Å². The topological polar surface area (TPSA) is 105 Å². The van der Waals surface area contributed by atoms with E-state index in [1.165, 1.54) is 37.3 Å². The Bertz CT molecular complexity index is 1850. The Morgan fingerprint density at radius 1 is 0.837 bits per heavy atom. The summed E-state index contributed by atoms with van der Waals surface area (Å²) in [6.07, 6.45) is 0.172. The lowest BCUT2D eigenvalue weighted by atomic mass is 10.0. The van der Waals surface area contributed by atoms with Gasteiger partial charge in [-0.15, -0.1) is 0 Å². The fraction of sp³-hybridized carbons (Fsp3) is 0.297. The summed E-state index contributed by atoms with van der Waals surface area (Å²) in [4.78, 5) is 30.1. The van der Waals surface area contributed by atoms with E-state index in [1.807, 2.05) is 51.1 Å². The quantitative estimate of drug-likeness (QED) is 0.143. The molecule has 0 heterocycles. The minimum Gasteiger partial charge on any atom is -0.497 e. The summed E-state index contributed by atoms with van der Waals surface area (Å²) in [6, 6.07) is 24.3. The minimum absolute atomic E-state index is 0.0256. The van der Waals surface area contributed by atoms with E-state index in [2.05, 4.69) is 5.32 Å². The highest BCUT2D eigenvalue weighted by Crippen LogP contribution is 2.36. The molecule has 0 spiro atoms. The van der Waals surface area contributed by atoms with Gasteiger partial charge in [-0.2, -0.15) is 0 Å². The molecule has 0 aliphatic carbocycles. The van der Waals surface area contributed by atoms with E-state index in [0.717, 1.165) is 15.4 Å². The third kappa shape index (κ3) is 9.68. The third-order valence-corrected chi connectivity index (χ3v) is 10.3. The SMILES string of the molecule is COc1ccc(OC)c(N(CC(=O)N(Cc2ccc(Cl)c(Cl)c2)[C@@H](Cc2ccccc2)C(=O)NCC(C)C)S(=O)(=O)c2ccc(C)cc2)c1. The first-order valence-corrected chi connectivity index (χ1v) is 17.9. The lowest BCUT2D eigenvalue weighted by molar-refractivity contribution is -0.140. The maximum atomic E-state index is 14.8. The number of hydrogen-bond donors (Lipinski definition) is 1. The van der Waals surface area contributed by atoms with Gasteiger partial charge in [0.05, 0.1) is 34.8 Å². The van der Waals surface area contributed by atoms with Crippen molar-refractivity contribution in [1.82, 2.24) is 10.2 Å². The Hall–Kier alpha value is -4.25. The molecule has 4 rings (SSSR count). The van der Waals surface area contributed by atoms with Gasteiger partial charge in [0.25, 0.3) is 10.0 Å². The van der Waals surface area contributed by atoms with Crippen molar-refractivity contribution in [2.45, 2.75) is 44.7 Å². The molecule has 4 aromatic rings. The fourth-order valence-electron chi connectivity index (χ4n) is 5.15. The molecule has 0 aromatic heterocycles. The lowest BCUT2D eigenvalue weighted by Gasteiger charge is -2.34. The maximum absolute atomic E-state index is 14.8. The average Bonchev–Trinajstić information content (AvgIpc) is 3.09. The first-order valence-electron chi connectivity index (χ1n) is 15.7. The van der Waals surface area contributed by atoms with Crippen molar-refractivity contribution in [3.63, 3.8) is 0 Å². The number of sulfonamides is 1. The highest BCUT2D eigenvalue weighted by molar-refractivity contribution is 7.92. The number of ether oxygens (including phenoxy) is 2. The molecule has 2 amide bonds. The molecule has 0 unspecified atom stereocenters. The fourth-order valence-corrected chi connectivity index (χ4v) is 6.89. The van der Waals surface area contributed by atoms with Crippen LogP contribution in [0.25, 0.3) is 0 Å². The number of nitrogens with one attached hydrogen (secondary N) is 1. The molecule has 9 nitrogen and oxygen atoms in total. The molecule has 0 aliphatic heterocycles. The minimum atomic E-state index is -4.36. The van der Waals surface area contributed by atoms with Gasteiger partial charge >= 0.3 is 0 Å². The maximum Gasteiger partial charge on any atom is 0.264 e. The monoisotopic (exact) mass is 725 g/mol. The van der Waals surface area contributed by atoms with Crippen molar-refractivity contribution < 1.29 is 27.5 Å². The van der Waals surface area contributed by atoms with Crippen LogP contribution in [0.1, 0.15) is 30.5 Å². The summed E-state index contributed by atoms with van der Waals surface area (Å²) in [7, 11) is -1.49. The van der Waals surface area contributed by atoms with Crippen LogP contribution in [0.15, 0.2) is 95.9 Å². The second kappa shape index (κ2) is 16.9. The van der Waals surface area contributed by atoms with Gasteiger partial charge in [-0.3, -0.25) is 13.9 Å². The number of rotatable bonds is 15. The van der Waals surface area contributed by atoms with Crippen LogP contribution in [0.2, 0.25) is 10.0 Å². The molecule has 0 bridgehead atoms. The smallest absolute Gasteiger partial charge is 0.264 e. The second-order valence-corrected chi connectivity index (χ2v) is 14.7. The standard InChI is InChI=1S/C37H41Cl2N3O6S/c1-25(2)22-40-37(44)34(20-27-9-7-6-8-10-27)41(23-28-13-17-31(38)32(39)19-28)36(43)24-42(33-21-29(47-4)14-18-35(33)48-5)49(45,46)30-15-11-26(3)12-16-30/h6-19,21,25,34H,20,22-24H2,1-5H3,(H,40,44)/t34-/m0/s1. The summed E-state index contributed by atoms with van der Waals surface area (Å²) in [5.74, 6) is -0.299. The highest BCUT2D eigenvalue weighted by Gasteiger charge is 2.36. The van der Waals surface area contributed by atoms with E-state index in [0.29, 0.717) is 22.9 Å². The molecule has 0 radical (unpaired) electrons. The Morgan fingerprint density at radius 2 is 1.53 bits per heavy atom. The molecule has 49 heavy (non-hydrogen) atoms. The van der Waals surface area contributed by atoms with E-state index >= 15 is 0 Å². The van der Waals surface area contributed by atoms with E-state index in [-0.39, 0.29) is 46.1 Å². The predicted octanol–water partition coefficient (Wildman–Crippen LogP) is 6.93. The molecule has 0 fully saturated rings. The molecule has 0 saturated carbocycles. The average molecular weight is 727 g/mol. The number of carbonyl (C=O) groups excluding carboxylic acids is 2. The van der Waals surface area contributed by atoms with Gasteiger partial charge in [0, 0.05) is 25.6 Å². The van der Waals surface area contributed by atoms with Crippen LogP contribution in [0.4, 0.5) is 5.69 Å². The van der Waals surface area contributed by atoms with Crippen LogP contribution in [-0.4, -0.2) is 58.5 Å². The van der Waals surface area contributed by atoms with Gasteiger partial charge in [-0.1, -0.05) is 91.1 Å². The van der Waals surface area contributed by atoms with Crippen molar-refractivity contribution >= 4 is 50.7 Å². The number of aryl methyl sites for hydroxylation is 1. The largest absolute Gasteiger partial charge is 0.497 e. The van der Waals surface area contributed by atoms with E-state index in [4.69, 9.17) is 32.7 Å². The van der Waals surface area contributed by atoms with Gasteiger partial charge in [-0.05, 0) is 60.4 Å². The number of anilines is 1. The van der Waals surface area contributed by atoms with Crippen LogP contribution in [0.5, 0.6) is 11.5 Å². The lowest BCUT2D eigenvalue weighted by Crippen LogP contribution is -2.53. The first-order chi connectivity index (χ1) is 23.3. The Labute approximate surface area is 298 Å². The number of hydrogen-bond acceptors (Lipinski definition) is 6. The van der Waals surface area contributed by atoms with E-state index in [1.54, 1.807) is 42.5 Å². The van der Waals surface area contributed by atoms with Crippen LogP contribution >= 0.6 is 23.2 Å². The summed E-state index contributed by atoms with van der Waals surface area (Å²) in [5, 5.41) is 3.59. The van der Waals surface area contributed by atoms with Crippen molar-refractivity contribution in [2.75, 3.05) is 31.6 Å². The zero-order chi connectivity index (χ0) is 35.7. The van der Waals surface area contributed by atoms with Crippen LogP contribution < -0.4 is 19.1 Å². The molecular formula is C37H41Cl2N3O6S. The highest BCUT2D eigenvalue weighted by atomic mass is 35.5. The summed E-state index contributed by atoms with van der Waals surface area (Å²) in [6.45, 7) is 5.45. The van der Waals surface area contributed by atoms with E-state index in [9.17, 15) is 18.0 Å². The molecule has 260 valence electrons. The molecular weight excluding hydrogens is 685 g/mol. The summed E-state index contributed by atoms with van der Waals surface area (Å²) in [5.41, 5.74) is 2.38. The van der Waals surface area contributed by atoms with Gasteiger partial charge in [0.1, 0.15) is 24.1 Å². The third-order valence-electron chi connectivity index (χ3n) is 7.84. The molecule has 0 aliphatic rings. The molecule has 4 aromatic carbocycles. The summed E-state index contributed by atoms with van der Waals surface area (Å²) >= 11 is 12.6. The van der Waals surface area contributed by atoms with Gasteiger partial charge in [0.2, 0.25) is 11.8 Å². The zero-order valence-corrected chi connectivity index (χ0v) is 30.5. The normalized spacial score (nSPS) is 11.9. The second-order valence-electron chi connectivity index (χ2n) is 12.0. The van der Waals surface area contributed by atoms with Gasteiger partial charge in [-0.25, -0.2) is 8.42 Å². The number of nitrogens with zero attached hydrogens (tertiary/aromatic N) is 2. The van der Waals surface area contributed by atoms with Crippen LogP contribution in [0, 0.1) is 12.8 Å². The molecule has 1 atom stereocenters. The Balaban J connectivity index is 1.87. The molecule has 1 N–H and O–H groups in total. The number of benzene rings is 4. The molecule has 12 heteroatoms. The van der Waals surface area contributed by atoms with Gasteiger partial charge < -0.3 is 19.7 Å². The number of halogens is 2.